The highest BCUT2D eigenvalue weighted by molar-refractivity contribution is 5.89. The summed E-state index contributed by atoms with van der Waals surface area (Å²) in [6.45, 7) is 6.63. The van der Waals surface area contributed by atoms with Crippen molar-refractivity contribution in [3.05, 3.63) is 23.9 Å². The number of esters is 1. The van der Waals surface area contributed by atoms with Crippen LogP contribution in [0.4, 0.5) is 0 Å². The smallest absolute Gasteiger partial charge is 0.335 e. The number of hydrogen-bond donors (Lipinski definition) is 1. The van der Waals surface area contributed by atoms with Gasteiger partial charge in [-0.1, -0.05) is 6.08 Å². The molecule has 0 saturated heterocycles. The van der Waals surface area contributed by atoms with Crippen molar-refractivity contribution in [1.29, 1.82) is 0 Å². The van der Waals surface area contributed by atoms with E-state index in [2.05, 4.69) is 11.9 Å². The van der Waals surface area contributed by atoms with Crippen molar-refractivity contribution in [3.8, 4) is 0 Å². The molecule has 1 aliphatic carbocycles. The summed E-state index contributed by atoms with van der Waals surface area (Å²) in [7, 11) is 0. The molecule has 0 spiro atoms. The Balaban J connectivity index is 2.70. The van der Waals surface area contributed by atoms with E-state index in [9.17, 15) is 4.79 Å². The zero-order chi connectivity index (χ0) is 11.1. The molecule has 1 N–H and O–H groups in total. The largest absolute Gasteiger partial charge is 0.463 e. The van der Waals surface area contributed by atoms with Crippen molar-refractivity contribution in [1.82, 2.24) is 5.32 Å². The lowest BCUT2D eigenvalue weighted by molar-refractivity contribution is -0.138. The molecular formula is C12H19NO2. The van der Waals surface area contributed by atoms with Crippen molar-refractivity contribution < 1.29 is 9.53 Å². The van der Waals surface area contributed by atoms with Crippen LogP contribution in [0.5, 0.6) is 0 Å². The van der Waals surface area contributed by atoms with Gasteiger partial charge < -0.3 is 10.1 Å². The fourth-order valence-electron chi connectivity index (χ4n) is 1.74. The Morgan fingerprint density at radius 2 is 2.27 bits per heavy atom. The second-order valence-electron chi connectivity index (χ2n) is 3.55. The maximum absolute atomic E-state index is 11.6. The quantitative estimate of drug-likeness (QED) is 0.557. The van der Waals surface area contributed by atoms with Crippen molar-refractivity contribution >= 4 is 5.97 Å². The van der Waals surface area contributed by atoms with E-state index in [-0.39, 0.29) is 5.97 Å². The van der Waals surface area contributed by atoms with Gasteiger partial charge in [0.25, 0.3) is 0 Å². The van der Waals surface area contributed by atoms with E-state index >= 15 is 0 Å². The second kappa shape index (κ2) is 6.27. The number of nitrogens with one attached hydrogen (secondary N) is 1. The maximum Gasteiger partial charge on any atom is 0.335 e. The summed E-state index contributed by atoms with van der Waals surface area (Å²) >= 11 is 0. The van der Waals surface area contributed by atoms with Gasteiger partial charge in [0.15, 0.2) is 0 Å². The van der Waals surface area contributed by atoms with Gasteiger partial charge in [0.05, 0.1) is 12.2 Å². The molecule has 0 bridgehead atoms. The number of hydrogen-bond acceptors (Lipinski definition) is 3. The first kappa shape index (κ1) is 11.8. The molecule has 0 aliphatic heterocycles. The van der Waals surface area contributed by atoms with Crippen LogP contribution < -0.4 is 5.32 Å². The highest BCUT2D eigenvalue weighted by Crippen LogP contribution is 2.23. The van der Waals surface area contributed by atoms with Gasteiger partial charge in [-0.05, 0) is 32.6 Å². The predicted molar refractivity (Wildman–Crippen MR) is 60.3 cm³/mol. The van der Waals surface area contributed by atoms with E-state index in [1.165, 1.54) is 0 Å². The lowest BCUT2D eigenvalue weighted by atomic mass is 9.96. The Kier molecular flexibility index (Phi) is 4.95. The van der Waals surface area contributed by atoms with Crippen LogP contribution in [0, 0.1) is 0 Å². The third-order valence-electron chi connectivity index (χ3n) is 2.45. The number of rotatable bonds is 5. The third kappa shape index (κ3) is 3.42. The fraction of sp³-hybridized carbons (Fsp3) is 0.583. The molecule has 3 nitrogen and oxygen atoms in total. The van der Waals surface area contributed by atoms with Gasteiger partial charge in [-0.2, -0.15) is 0 Å². The number of carbonyl (C=O) groups excluding carboxylic acids is 1. The van der Waals surface area contributed by atoms with Gasteiger partial charge in [0, 0.05) is 12.2 Å². The van der Waals surface area contributed by atoms with Crippen molar-refractivity contribution in [3.63, 3.8) is 0 Å². The van der Waals surface area contributed by atoms with Crippen LogP contribution in [-0.2, 0) is 9.53 Å². The minimum absolute atomic E-state index is 0.163. The highest BCUT2D eigenvalue weighted by atomic mass is 16.5. The molecule has 0 aromatic carbocycles. The van der Waals surface area contributed by atoms with Crippen LogP contribution in [-0.4, -0.2) is 19.1 Å². The predicted octanol–water partition coefficient (Wildman–Crippen LogP) is 2.15. The summed E-state index contributed by atoms with van der Waals surface area (Å²) in [6, 6.07) is 0. The first-order chi connectivity index (χ1) is 7.29. The summed E-state index contributed by atoms with van der Waals surface area (Å²) in [5, 5.41) is 3.22. The summed E-state index contributed by atoms with van der Waals surface area (Å²) in [5.41, 5.74) is 1.87. The van der Waals surface area contributed by atoms with E-state index in [0.29, 0.717) is 13.2 Å². The topological polar surface area (TPSA) is 38.3 Å². The number of allylic oxidation sites excluding steroid dienone is 1. The van der Waals surface area contributed by atoms with Crippen molar-refractivity contribution in [2.45, 2.75) is 32.6 Å². The van der Waals surface area contributed by atoms with Gasteiger partial charge in [-0.3, -0.25) is 0 Å². The molecule has 15 heavy (non-hydrogen) atoms. The molecule has 0 fully saturated rings. The Hall–Kier alpha value is -1.25. The molecule has 0 amide bonds. The monoisotopic (exact) mass is 209 g/mol. The molecule has 0 aromatic rings. The van der Waals surface area contributed by atoms with E-state index in [4.69, 9.17) is 4.74 Å². The summed E-state index contributed by atoms with van der Waals surface area (Å²) in [6.07, 6.45) is 5.79. The van der Waals surface area contributed by atoms with Crippen molar-refractivity contribution in [2.75, 3.05) is 13.2 Å². The standard InChI is InChI=1S/C12H19NO2/c1-3-9-13-11-8-6-5-7-10(11)12(14)15-4-2/h3,13H,1,4-9H2,2H3. The van der Waals surface area contributed by atoms with E-state index in [1.807, 2.05) is 6.92 Å². The minimum atomic E-state index is -0.163. The highest BCUT2D eigenvalue weighted by Gasteiger charge is 2.19. The van der Waals surface area contributed by atoms with Crippen LogP contribution in [0.2, 0.25) is 0 Å². The average Bonchev–Trinajstić information content (AvgIpc) is 2.27. The van der Waals surface area contributed by atoms with Gasteiger partial charge >= 0.3 is 5.97 Å². The van der Waals surface area contributed by atoms with E-state index in [1.54, 1.807) is 6.08 Å². The molecule has 0 saturated carbocycles. The second-order valence-corrected chi connectivity index (χ2v) is 3.55. The van der Waals surface area contributed by atoms with Crippen LogP contribution in [0.15, 0.2) is 23.9 Å². The molecule has 0 unspecified atom stereocenters. The summed E-state index contributed by atoms with van der Waals surface area (Å²) < 4.78 is 5.03. The van der Waals surface area contributed by atoms with Gasteiger partial charge in [0.1, 0.15) is 0 Å². The van der Waals surface area contributed by atoms with E-state index in [0.717, 1.165) is 37.0 Å². The lowest BCUT2D eigenvalue weighted by Gasteiger charge is -2.19. The zero-order valence-electron chi connectivity index (χ0n) is 9.34. The molecular weight excluding hydrogens is 190 g/mol. The molecule has 3 heteroatoms. The van der Waals surface area contributed by atoms with Crippen molar-refractivity contribution in [2.24, 2.45) is 0 Å². The zero-order valence-corrected chi connectivity index (χ0v) is 9.34. The van der Waals surface area contributed by atoms with E-state index < -0.39 is 0 Å². The molecule has 1 rings (SSSR count). The SMILES string of the molecule is C=CCNC1=C(C(=O)OCC)CCCC1. The first-order valence-electron chi connectivity index (χ1n) is 5.53. The maximum atomic E-state index is 11.6. The number of ether oxygens (including phenoxy) is 1. The fourth-order valence-corrected chi connectivity index (χ4v) is 1.74. The Morgan fingerprint density at radius 1 is 1.53 bits per heavy atom. The van der Waals surface area contributed by atoms with Gasteiger partial charge in [0.2, 0.25) is 0 Å². The van der Waals surface area contributed by atoms with Crippen LogP contribution in [0.25, 0.3) is 0 Å². The van der Waals surface area contributed by atoms with Gasteiger partial charge in [-0.25, -0.2) is 4.79 Å². The Morgan fingerprint density at radius 3 is 2.93 bits per heavy atom. The molecule has 0 radical (unpaired) electrons. The average molecular weight is 209 g/mol. The molecule has 0 atom stereocenters. The molecule has 1 aliphatic rings. The lowest BCUT2D eigenvalue weighted by Crippen LogP contribution is -2.22. The van der Waals surface area contributed by atoms with Crippen LogP contribution >= 0.6 is 0 Å². The molecule has 84 valence electrons. The third-order valence-corrected chi connectivity index (χ3v) is 2.45. The molecule has 0 aromatic heterocycles. The van der Waals surface area contributed by atoms with Gasteiger partial charge in [-0.15, -0.1) is 6.58 Å². The Bertz CT molecular complexity index is 269. The van der Waals surface area contributed by atoms with Crippen LogP contribution in [0.3, 0.4) is 0 Å². The summed E-state index contributed by atoms with van der Waals surface area (Å²) in [5.74, 6) is -0.163. The summed E-state index contributed by atoms with van der Waals surface area (Å²) in [4.78, 5) is 11.6. The Labute approximate surface area is 91.2 Å². The molecule has 0 heterocycles. The van der Waals surface area contributed by atoms with Crippen LogP contribution in [0.1, 0.15) is 32.6 Å². The first-order valence-corrected chi connectivity index (χ1v) is 5.53. The normalized spacial score (nSPS) is 16.1. The minimum Gasteiger partial charge on any atom is -0.463 e. The number of carbonyl (C=O) groups is 1.